The molecule has 6 heteroatoms. The Morgan fingerprint density at radius 2 is 1.53 bits per heavy atom. The first-order valence-corrected chi connectivity index (χ1v) is 11.0. The number of hydrogen-bond donors (Lipinski definition) is 1. The molecule has 0 bridgehead atoms. The van der Waals surface area contributed by atoms with Crippen molar-refractivity contribution in [3.63, 3.8) is 0 Å². The zero-order chi connectivity index (χ0) is 24.0. The summed E-state index contributed by atoms with van der Waals surface area (Å²) in [6.45, 7) is 5.86. The Morgan fingerprint density at radius 1 is 0.824 bits per heavy atom. The monoisotopic (exact) mass is 449 g/mol. The zero-order valence-corrected chi connectivity index (χ0v) is 19.1. The maximum absolute atomic E-state index is 13.3. The number of nitrogens with zero attached hydrogens (tertiary/aromatic N) is 2. The molecule has 1 aromatic heterocycles. The predicted octanol–water partition coefficient (Wildman–Crippen LogP) is 5.22. The highest BCUT2D eigenvalue weighted by Crippen LogP contribution is 2.29. The SMILES string of the molecule is Cc1ccc(N2C(=O)NC(=O)/C(=C\c3cc(C)n(-c4cccc5ccccc45)c3C)C2=O)cc1. The van der Waals surface area contributed by atoms with Crippen LogP contribution in [0.25, 0.3) is 22.5 Å². The van der Waals surface area contributed by atoms with Gasteiger partial charge < -0.3 is 4.57 Å². The number of aromatic nitrogens is 1. The third kappa shape index (κ3) is 3.49. The Labute approximate surface area is 197 Å². The average molecular weight is 450 g/mol. The van der Waals surface area contributed by atoms with Gasteiger partial charge in [0.15, 0.2) is 0 Å². The van der Waals surface area contributed by atoms with Gasteiger partial charge in [0.05, 0.1) is 11.4 Å². The van der Waals surface area contributed by atoms with Crippen molar-refractivity contribution in [2.45, 2.75) is 20.8 Å². The van der Waals surface area contributed by atoms with Crippen LogP contribution in [-0.2, 0) is 9.59 Å². The highest BCUT2D eigenvalue weighted by molar-refractivity contribution is 6.39. The van der Waals surface area contributed by atoms with E-state index in [1.165, 1.54) is 0 Å². The number of carbonyl (C=O) groups excluding carboxylic acids is 3. The molecule has 1 aliphatic heterocycles. The Kier molecular flexibility index (Phi) is 5.13. The Bertz CT molecular complexity index is 1500. The molecule has 1 N–H and O–H groups in total. The van der Waals surface area contributed by atoms with E-state index in [1.54, 1.807) is 18.2 Å². The molecular weight excluding hydrogens is 426 g/mol. The molecule has 4 aromatic rings. The fourth-order valence-corrected chi connectivity index (χ4v) is 4.45. The zero-order valence-electron chi connectivity index (χ0n) is 19.1. The van der Waals surface area contributed by atoms with Gasteiger partial charge in [0.1, 0.15) is 5.57 Å². The molecule has 1 fully saturated rings. The molecular formula is C28H23N3O3. The molecule has 0 radical (unpaired) electrons. The number of benzene rings is 3. The van der Waals surface area contributed by atoms with Crippen LogP contribution < -0.4 is 10.2 Å². The molecule has 168 valence electrons. The number of fused-ring (bicyclic) bond motifs is 1. The fraction of sp³-hybridized carbons (Fsp3) is 0.107. The second-order valence-electron chi connectivity index (χ2n) is 8.45. The summed E-state index contributed by atoms with van der Waals surface area (Å²) in [7, 11) is 0. The highest BCUT2D eigenvalue weighted by atomic mass is 16.2. The minimum Gasteiger partial charge on any atom is -0.317 e. The number of hydrogen-bond acceptors (Lipinski definition) is 3. The number of aryl methyl sites for hydroxylation is 2. The lowest BCUT2D eigenvalue weighted by Crippen LogP contribution is -2.54. The Balaban J connectivity index is 1.59. The van der Waals surface area contributed by atoms with Crippen molar-refractivity contribution in [3.8, 4) is 5.69 Å². The van der Waals surface area contributed by atoms with Gasteiger partial charge in [0.25, 0.3) is 11.8 Å². The summed E-state index contributed by atoms with van der Waals surface area (Å²) in [5.74, 6) is -1.35. The van der Waals surface area contributed by atoms with Crippen molar-refractivity contribution in [2.24, 2.45) is 0 Å². The first kappa shape index (κ1) is 21.4. The maximum atomic E-state index is 13.3. The van der Waals surface area contributed by atoms with E-state index in [1.807, 2.05) is 57.2 Å². The molecule has 2 heterocycles. The molecule has 6 nitrogen and oxygen atoms in total. The van der Waals surface area contributed by atoms with Crippen molar-refractivity contribution >= 4 is 40.4 Å². The van der Waals surface area contributed by atoms with E-state index in [0.29, 0.717) is 5.69 Å². The second-order valence-corrected chi connectivity index (χ2v) is 8.45. The maximum Gasteiger partial charge on any atom is 0.335 e. The van der Waals surface area contributed by atoms with Crippen molar-refractivity contribution in [3.05, 3.63) is 101 Å². The predicted molar refractivity (Wildman–Crippen MR) is 133 cm³/mol. The van der Waals surface area contributed by atoms with Crippen LogP contribution in [0.3, 0.4) is 0 Å². The third-order valence-electron chi connectivity index (χ3n) is 6.17. The molecule has 1 saturated heterocycles. The van der Waals surface area contributed by atoms with E-state index in [0.717, 1.165) is 43.9 Å². The number of imide groups is 2. The summed E-state index contributed by atoms with van der Waals surface area (Å²) in [5, 5.41) is 4.52. The third-order valence-corrected chi connectivity index (χ3v) is 6.17. The van der Waals surface area contributed by atoms with Crippen LogP contribution in [0.2, 0.25) is 0 Å². The van der Waals surface area contributed by atoms with Gasteiger partial charge in [-0.15, -0.1) is 0 Å². The van der Waals surface area contributed by atoms with Crippen molar-refractivity contribution in [1.82, 2.24) is 9.88 Å². The molecule has 0 spiro atoms. The van der Waals surface area contributed by atoms with Crippen molar-refractivity contribution in [1.29, 1.82) is 0 Å². The summed E-state index contributed by atoms with van der Waals surface area (Å²) in [6, 6.07) is 22.5. The number of nitrogens with one attached hydrogen (secondary N) is 1. The van der Waals surface area contributed by atoms with Crippen LogP contribution in [0, 0.1) is 20.8 Å². The first-order chi connectivity index (χ1) is 16.3. The van der Waals surface area contributed by atoms with E-state index in [2.05, 4.69) is 34.1 Å². The van der Waals surface area contributed by atoms with Crippen LogP contribution in [0.1, 0.15) is 22.5 Å². The van der Waals surface area contributed by atoms with Crippen LogP contribution in [0.4, 0.5) is 10.5 Å². The molecule has 3 aromatic carbocycles. The minimum absolute atomic E-state index is 0.0849. The summed E-state index contributed by atoms with van der Waals surface area (Å²) < 4.78 is 2.11. The summed E-state index contributed by atoms with van der Waals surface area (Å²) in [6.07, 6.45) is 1.56. The lowest BCUT2D eigenvalue weighted by Gasteiger charge is -2.26. The highest BCUT2D eigenvalue weighted by Gasteiger charge is 2.37. The van der Waals surface area contributed by atoms with Gasteiger partial charge in [0, 0.05) is 16.8 Å². The number of carbonyl (C=O) groups is 3. The van der Waals surface area contributed by atoms with Gasteiger partial charge in [-0.1, -0.05) is 54.1 Å². The average Bonchev–Trinajstić information content (AvgIpc) is 3.10. The number of anilines is 1. The fourth-order valence-electron chi connectivity index (χ4n) is 4.45. The quantitative estimate of drug-likeness (QED) is 0.344. The molecule has 0 aliphatic carbocycles. The van der Waals surface area contributed by atoms with E-state index in [9.17, 15) is 14.4 Å². The molecule has 0 saturated carbocycles. The first-order valence-electron chi connectivity index (χ1n) is 11.0. The van der Waals surface area contributed by atoms with Gasteiger partial charge in [-0.25, -0.2) is 9.69 Å². The van der Waals surface area contributed by atoms with E-state index in [-0.39, 0.29) is 5.57 Å². The van der Waals surface area contributed by atoms with Gasteiger partial charge >= 0.3 is 6.03 Å². The molecule has 5 rings (SSSR count). The Hall–Kier alpha value is -4.45. The standard InChI is InChI=1S/C28H23N3O3/c1-17-11-13-22(14-12-17)31-27(33)24(26(32)29-28(31)34)16-21-15-18(2)30(19(21)3)25-10-6-8-20-7-4-5-9-23(20)25/h4-16H,1-3H3,(H,29,32,34)/b24-16+. The Morgan fingerprint density at radius 3 is 2.29 bits per heavy atom. The summed E-state index contributed by atoms with van der Waals surface area (Å²) >= 11 is 0. The van der Waals surface area contributed by atoms with Crippen LogP contribution in [0.15, 0.2) is 78.4 Å². The van der Waals surface area contributed by atoms with E-state index >= 15 is 0 Å². The molecule has 0 unspecified atom stereocenters. The molecule has 1 aliphatic rings. The van der Waals surface area contributed by atoms with Crippen LogP contribution >= 0.6 is 0 Å². The smallest absolute Gasteiger partial charge is 0.317 e. The number of urea groups is 1. The topological polar surface area (TPSA) is 71.4 Å². The van der Waals surface area contributed by atoms with Crippen molar-refractivity contribution in [2.75, 3.05) is 4.90 Å². The second kappa shape index (κ2) is 8.15. The lowest BCUT2D eigenvalue weighted by molar-refractivity contribution is -0.122. The molecule has 0 atom stereocenters. The molecule has 4 amide bonds. The largest absolute Gasteiger partial charge is 0.335 e. The van der Waals surface area contributed by atoms with E-state index in [4.69, 9.17) is 0 Å². The van der Waals surface area contributed by atoms with Gasteiger partial charge in [0.2, 0.25) is 0 Å². The van der Waals surface area contributed by atoms with Gasteiger partial charge in [-0.2, -0.15) is 0 Å². The summed E-state index contributed by atoms with van der Waals surface area (Å²) in [5.41, 5.74) is 4.94. The summed E-state index contributed by atoms with van der Waals surface area (Å²) in [4.78, 5) is 39.4. The lowest BCUT2D eigenvalue weighted by atomic mass is 10.1. The van der Waals surface area contributed by atoms with Crippen LogP contribution in [-0.4, -0.2) is 22.4 Å². The minimum atomic E-state index is -0.753. The van der Waals surface area contributed by atoms with Crippen molar-refractivity contribution < 1.29 is 14.4 Å². The number of rotatable bonds is 3. The van der Waals surface area contributed by atoms with Gasteiger partial charge in [-0.3, -0.25) is 14.9 Å². The van der Waals surface area contributed by atoms with E-state index < -0.39 is 17.8 Å². The molecule has 34 heavy (non-hydrogen) atoms. The normalized spacial score (nSPS) is 15.3. The number of amides is 4. The number of barbiturate groups is 1. The van der Waals surface area contributed by atoms with Gasteiger partial charge in [-0.05, 0) is 62.1 Å². The van der Waals surface area contributed by atoms with Crippen LogP contribution in [0.5, 0.6) is 0 Å².